The number of carbonyl (C=O) groups excluding carboxylic acids is 1. The molecule has 0 heterocycles. The summed E-state index contributed by atoms with van der Waals surface area (Å²) in [6.07, 6.45) is 0.377. The Labute approximate surface area is 79.6 Å². The van der Waals surface area contributed by atoms with Gasteiger partial charge in [-0.05, 0) is 6.07 Å². The highest BCUT2D eigenvalue weighted by atomic mass is 16.6. The van der Waals surface area contributed by atoms with Crippen LogP contribution in [-0.4, -0.2) is 18.4 Å². The standard InChI is InChI=1S/C8H8N2O4/c1-14-6-2-3-8(10(12)13)7(4-6)9-5-11/h2-5H,1H3,(H,9,11). The van der Waals surface area contributed by atoms with Gasteiger partial charge in [-0.25, -0.2) is 0 Å². The van der Waals surface area contributed by atoms with Crippen LogP contribution in [0.3, 0.4) is 0 Å². The highest BCUT2D eigenvalue weighted by Gasteiger charge is 2.13. The van der Waals surface area contributed by atoms with Gasteiger partial charge in [0.15, 0.2) is 0 Å². The van der Waals surface area contributed by atoms with Gasteiger partial charge in [-0.2, -0.15) is 0 Å². The maximum atomic E-state index is 10.5. The Bertz CT molecular complexity index is 364. The maximum absolute atomic E-state index is 10.5. The molecule has 1 rings (SSSR count). The summed E-state index contributed by atoms with van der Waals surface area (Å²) in [6, 6.07) is 4.10. The van der Waals surface area contributed by atoms with E-state index in [9.17, 15) is 14.9 Å². The fourth-order valence-electron chi connectivity index (χ4n) is 0.980. The van der Waals surface area contributed by atoms with Crippen molar-refractivity contribution in [1.82, 2.24) is 0 Å². The van der Waals surface area contributed by atoms with Gasteiger partial charge in [0, 0.05) is 12.1 Å². The summed E-state index contributed by atoms with van der Waals surface area (Å²) in [6.45, 7) is 0. The van der Waals surface area contributed by atoms with Gasteiger partial charge in [0.2, 0.25) is 6.41 Å². The number of nitrogens with one attached hydrogen (secondary N) is 1. The molecule has 14 heavy (non-hydrogen) atoms. The predicted octanol–water partition coefficient (Wildman–Crippen LogP) is 1.17. The zero-order valence-corrected chi connectivity index (χ0v) is 7.39. The van der Waals surface area contributed by atoms with E-state index < -0.39 is 4.92 Å². The highest BCUT2D eigenvalue weighted by Crippen LogP contribution is 2.28. The van der Waals surface area contributed by atoms with E-state index in [1.165, 1.54) is 25.3 Å². The number of anilines is 1. The van der Waals surface area contributed by atoms with Crippen LogP contribution in [-0.2, 0) is 4.79 Å². The Morgan fingerprint density at radius 3 is 2.79 bits per heavy atom. The summed E-state index contributed by atoms with van der Waals surface area (Å²) < 4.78 is 4.86. The molecule has 0 fully saturated rings. The number of hydrogen-bond acceptors (Lipinski definition) is 4. The zero-order valence-electron chi connectivity index (χ0n) is 7.39. The third-order valence-electron chi connectivity index (χ3n) is 1.61. The second-order valence-electron chi connectivity index (χ2n) is 2.40. The molecule has 1 aromatic carbocycles. The minimum Gasteiger partial charge on any atom is -0.497 e. The molecule has 0 radical (unpaired) electrons. The number of carbonyl (C=O) groups is 1. The van der Waals surface area contributed by atoms with Crippen LogP contribution in [0.25, 0.3) is 0 Å². The molecule has 0 saturated carbocycles. The number of amides is 1. The molecule has 0 saturated heterocycles. The van der Waals surface area contributed by atoms with Crippen LogP contribution in [0, 0.1) is 10.1 Å². The lowest BCUT2D eigenvalue weighted by molar-refractivity contribution is -0.383. The van der Waals surface area contributed by atoms with E-state index >= 15 is 0 Å². The van der Waals surface area contributed by atoms with Crippen LogP contribution in [0.2, 0.25) is 0 Å². The normalized spacial score (nSPS) is 9.21. The summed E-state index contributed by atoms with van der Waals surface area (Å²) in [7, 11) is 1.44. The van der Waals surface area contributed by atoms with Crippen molar-refractivity contribution in [3.8, 4) is 5.75 Å². The van der Waals surface area contributed by atoms with Gasteiger partial charge in [0.1, 0.15) is 11.4 Å². The van der Waals surface area contributed by atoms with Crippen molar-refractivity contribution >= 4 is 17.8 Å². The summed E-state index contributed by atoms with van der Waals surface area (Å²) in [5.74, 6) is 0.444. The maximum Gasteiger partial charge on any atom is 0.293 e. The van der Waals surface area contributed by atoms with Crippen LogP contribution in [0.15, 0.2) is 18.2 Å². The first-order chi connectivity index (χ1) is 6.69. The van der Waals surface area contributed by atoms with E-state index in [1.54, 1.807) is 0 Å². The minimum absolute atomic E-state index is 0.115. The van der Waals surface area contributed by atoms with E-state index in [-0.39, 0.29) is 11.4 Å². The summed E-state index contributed by atoms with van der Waals surface area (Å²) in [4.78, 5) is 20.1. The summed E-state index contributed by atoms with van der Waals surface area (Å²) in [5.41, 5.74) is -0.0535. The Morgan fingerprint density at radius 1 is 1.57 bits per heavy atom. The number of nitrogens with zero attached hydrogens (tertiary/aromatic N) is 1. The number of rotatable bonds is 4. The van der Waals surface area contributed by atoms with Crippen LogP contribution in [0.5, 0.6) is 5.75 Å². The molecule has 0 spiro atoms. The minimum atomic E-state index is -0.578. The smallest absolute Gasteiger partial charge is 0.293 e. The number of nitro groups is 1. The van der Waals surface area contributed by atoms with Crippen molar-refractivity contribution in [2.75, 3.05) is 12.4 Å². The van der Waals surface area contributed by atoms with Gasteiger partial charge in [-0.15, -0.1) is 0 Å². The van der Waals surface area contributed by atoms with Crippen molar-refractivity contribution < 1.29 is 14.5 Å². The second kappa shape index (κ2) is 4.22. The van der Waals surface area contributed by atoms with Gasteiger partial charge in [-0.1, -0.05) is 0 Å². The molecule has 1 N–H and O–H groups in total. The first-order valence-corrected chi connectivity index (χ1v) is 3.71. The Hall–Kier alpha value is -2.11. The first-order valence-electron chi connectivity index (χ1n) is 3.71. The number of methoxy groups -OCH3 is 1. The third kappa shape index (κ3) is 1.98. The molecular formula is C8H8N2O4. The van der Waals surface area contributed by atoms with E-state index in [1.807, 2.05) is 0 Å². The average Bonchev–Trinajstić information content (AvgIpc) is 2.17. The monoisotopic (exact) mass is 196 g/mol. The molecule has 6 nitrogen and oxygen atoms in total. The van der Waals surface area contributed by atoms with Crippen molar-refractivity contribution in [2.24, 2.45) is 0 Å². The predicted molar refractivity (Wildman–Crippen MR) is 49.3 cm³/mol. The molecular weight excluding hydrogens is 188 g/mol. The lowest BCUT2D eigenvalue weighted by Crippen LogP contribution is -1.99. The largest absolute Gasteiger partial charge is 0.497 e. The molecule has 74 valence electrons. The molecule has 0 aliphatic carbocycles. The average molecular weight is 196 g/mol. The SMILES string of the molecule is COc1ccc([N+](=O)[O-])c(NC=O)c1. The van der Waals surface area contributed by atoms with Crippen molar-refractivity contribution in [2.45, 2.75) is 0 Å². The van der Waals surface area contributed by atoms with E-state index in [4.69, 9.17) is 4.74 Å². The van der Waals surface area contributed by atoms with Crippen molar-refractivity contribution in [1.29, 1.82) is 0 Å². The quantitative estimate of drug-likeness (QED) is 0.445. The lowest BCUT2D eigenvalue weighted by atomic mass is 10.2. The molecule has 0 aliphatic rings. The van der Waals surface area contributed by atoms with Crippen LogP contribution >= 0.6 is 0 Å². The number of ether oxygens (including phenoxy) is 1. The lowest BCUT2D eigenvalue weighted by Gasteiger charge is -2.03. The molecule has 1 amide bonds. The molecule has 0 unspecified atom stereocenters. The molecule has 0 aliphatic heterocycles. The van der Waals surface area contributed by atoms with Crippen LogP contribution in [0.1, 0.15) is 0 Å². The van der Waals surface area contributed by atoms with E-state index in [2.05, 4.69) is 5.32 Å². The van der Waals surface area contributed by atoms with Gasteiger partial charge < -0.3 is 10.1 Å². The second-order valence-corrected chi connectivity index (χ2v) is 2.40. The fraction of sp³-hybridized carbons (Fsp3) is 0.125. The van der Waals surface area contributed by atoms with E-state index in [0.717, 1.165) is 0 Å². The van der Waals surface area contributed by atoms with Gasteiger partial charge >= 0.3 is 0 Å². The molecule has 0 atom stereocenters. The van der Waals surface area contributed by atoms with Crippen molar-refractivity contribution in [3.05, 3.63) is 28.3 Å². The van der Waals surface area contributed by atoms with Gasteiger partial charge in [-0.3, -0.25) is 14.9 Å². The Kier molecular flexibility index (Phi) is 3.01. The highest BCUT2D eigenvalue weighted by molar-refractivity contribution is 5.78. The summed E-state index contributed by atoms with van der Waals surface area (Å²) in [5, 5.41) is 12.7. The van der Waals surface area contributed by atoms with E-state index in [0.29, 0.717) is 12.2 Å². The number of hydrogen-bond donors (Lipinski definition) is 1. The van der Waals surface area contributed by atoms with Crippen LogP contribution < -0.4 is 10.1 Å². The first kappa shape index (κ1) is 9.97. The summed E-state index contributed by atoms with van der Waals surface area (Å²) >= 11 is 0. The van der Waals surface area contributed by atoms with Crippen LogP contribution in [0.4, 0.5) is 11.4 Å². The molecule has 0 bridgehead atoms. The Morgan fingerprint density at radius 2 is 2.29 bits per heavy atom. The van der Waals surface area contributed by atoms with Gasteiger partial charge in [0.05, 0.1) is 12.0 Å². The van der Waals surface area contributed by atoms with Gasteiger partial charge in [0.25, 0.3) is 5.69 Å². The Balaban J connectivity index is 3.16. The molecule has 1 aromatic rings. The third-order valence-corrected chi connectivity index (χ3v) is 1.61. The fourth-order valence-corrected chi connectivity index (χ4v) is 0.980. The molecule has 0 aromatic heterocycles. The topological polar surface area (TPSA) is 81.5 Å². The number of nitro benzene ring substituents is 1. The van der Waals surface area contributed by atoms with Crippen molar-refractivity contribution in [3.63, 3.8) is 0 Å². The molecule has 6 heteroatoms. The number of benzene rings is 1. The zero-order chi connectivity index (χ0) is 10.6.